The lowest BCUT2D eigenvalue weighted by Gasteiger charge is -2.41. The van der Waals surface area contributed by atoms with Crippen LogP contribution in [-0.2, 0) is 28.7 Å². The van der Waals surface area contributed by atoms with Crippen molar-refractivity contribution < 1.29 is 64.9 Å². The molecule has 2 aromatic rings. The third kappa shape index (κ3) is 13.6. The van der Waals surface area contributed by atoms with Crippen LogP contribution in [-0.4, -0.2) is 93.4 Å². The number of thiazole rings is 1. The highest BCUT2D eigenvalue weighted by atomic mass is 32.1. The summed E-state index contributed by atoms with van der Waals surface area (Å²) in [5.41, 5.74) is -2.74. The van der Waals surface area contributed by atoms with Crippen molar-refractivity contribution in [2.75, 3.05) is 19.6 Å². The van der Waals surface area contributed by atoms with Crippen LogP contribution in [0.2, 0.25) is 0 Å². The van der Waals surface area contributed by atoms with Crippen LogP contribution in [0.1, 0.15) is 142 Å². The van der Waals surface area contributed by atoms with E-state index in [1.165, 1.54) is 4.90 Å². The summed E-state index contributed by atoms with van der Waals surface area (Å²) in [5.74, 6) is -18.1. The Kier molecular flexibility index (Phi) is 18.9. The Balaban J connectivity index is 1.96. The molecule has 14 nitrogen and oxygen atoms in total. The van der Waals surface area contributed by atoms with Crippen molar-refractivity contribution in [1.29, 1.82) is 0 Å². The lowest BCUT2D eigenvalue weighted by atomic mass is 9.90. The molecule has 1 aliphatic rings. The fourth-order valence-corrected chi connectivity index (χ4v) is 8.02. The molecule has 5 atom stereocenters. The fourth-order valence-electron chi connectivity index (χ4n) is 7.19. The van der Waals surface area contributed by atoms with Crippen LogP contribution in [0, 0.1) is 40.9 Å². The van der Waals surface area contributed by atoms with E-state index in [-0.39, 0.29) is 30.4 Å². The number of alkyl carbamates (subject to hydrolysis) is 1. The van der Waals surface area contributed by atoms with Crippen LogP contribution in [0.4, 0.5) is 26.7 Å². The summed E-state index contributed by atoms with van der Waals surface area (Å²) in [6, 6.07) is -1.75. The van der Waals surface area contributed by atoms with Crippen molar-refractivity contribution in [2.45, 2.75) is 150 Å². The summed E-state index contributed by atoms with van der Waals surface area (Å²) >= 11 is 0.793. The number of halogens is 5. The molecule has 1 saturated heterocycles. The molecular weight excluding hydrogens is 858 g/mol. The van der Waals surface area contributed by atoms with Gasteiger partial charge in [-0.3, -0.25) is 19.2 Å². The first-order chi connectivity index (χ1) is 29.4. The number of carbonyl (C=O) groups is 6. The number of unbranched alkanes of at least 4 members (excludes halogenated alkanes) is 3. The van der Waals surface area contributed by atoms with Gasteiger partial charge in [0.15, 0.2) is 11.8 Å². The largest absolute Gasteiger partial charge is 0.455 e. The van der Waals surface area contributed by atoms with Gasteiger partial charge in [0.25, 0.3) is 0 Å². The average molecular weight is 918 g/mol. The molecule has 1 fully saturated rings. The summed E-state index contributed by atoms with van der Waals surface area (Å²) in [4.78, 5) is 87.6. The minimum Gasteiger partial charge on any atom is -0.455 e. The van der Waals surface area contributed by atoms with Crippen LogP contribution in [0.5, 0.6) is 5.75 Å². The van der Waals surface area contributed by atoms with Gasteiger partial charge in [-0.1, -0.05) is 60.3 Å². The van der Waals surface area contributed by atoms with E-state index in [1.54, 1.807) is 32.6 Å². The molecule has 0 saturated carbocycles. The van der Waals surface area contributed by atoms with E-state index in [0.29, 0.717) is 25.7 Å². The maximum absolute atomic E-state index is 15.0. The first-order valence-corrected chi connectivity index (χ1v) is 22.0. The minimum atomic E-state index is -2.44. The molecule has 1 aliphatic heterocycles. The Morgan fingerprint density at radius 2 is 1.57 bits per heavy atom. The number of likely N-dealkylation sites (tertiary alicyclic amines) is 1. The second kappa shape index (κ2) is 22.7. The van der Waals surface area contributed by atoms with E-state index < -0.39 is 118 Å². The third-order valence-electron chi connectivity index (χ3n) is 10.8. The number of aromatic nitrogens is 1. The molecule has 2 heterocycles. The molecule has 352 valence electrons. The van der Waals surface area contributed by atoms with Gasteiger partial charge in [-0.05, 0) is 58.8 Å². The number of hydrogen-bond donors (Lipinski definition) is 2. The number of ether oxygens (including phenoxy) is 3. The molecular formula is C43H60F5N5O9S. The summed E-state index contributed by atoms with van der Waals surface area (Å²) in [6.45, 7) is 17.3. The quantitative estimate of drug-likeness (QED) is 0.0332. The number of benzene rings is 1. The second-order valence-corrected chi connectivity index (χ2v) is 18.1. The number of nitrogens with zero attached hydrogens (tertiary/aromatic N) is 3. The zero-order chi connectivity index (χ0) is 47.6. The first-order valence-electron chi connectivity index (χ1n) is 21.1. The normalized spacial score (nSPS) is 17.1. The van der Waals surface area contributed by atoms with Crippen LogP contribution < -0.4 is 15.4 Å². The van der Waals surface area contributed by atoms with Gasteiger partial charge < -0.3 is 34.6 Å². The standard InChI is InChI=1S/C43H60F5N5O9S/c1-11-13-14-15-18-52(38(56)35(24(5)12-2)51-40(58)43(10)17-16-19-53(43)29(55)21-49-41(59)62-42(7,8)9)27(23(3)4)20-28(60-25(6)54)37-50-26(22-63-37)39(57)61-36-33(47)31(45)30(44)32(46)34(36)48/h22-24,27-28,35H,11-21H2,1-10H3,(H,49,59)(H,51,58)/t24-,27+,28+,35-,43+/m0/s1. The molecule has 0 unspecified atom stereocenters. The van der Waals surface area contributed by atoms with Crippen molar-refractivity contribution in [3.63, 3.8) is 0 Å². The Hall–Kier alpha value is -4.88. The van der Waals surface area contributed by atoms with Crippen LogP contribution in [0.25, 0.3) is 0 Å². The molecule has 4 amide bonds. The minimum absolute atomic E-state index is 0.00504. The number of esters is 2. The fraction of sp³-hybridized carbons (Fsp3) is 0.651. The van der Waals surface area contributed by atoms with Gasteiger partial charge in [0.1, 0.15) is 28.7 Å². The Morgan fingerprint density at radius 3 is 2.13 bits per heavy atom. The van der Waals surface area contributed by atoms with E-state index in [0.717, 1.165) is 42.9 Å². The van der Waals surface area contributed by atoms with Gasteiger partial charge in [-0.15, -0.1) is 11.3 Å². The summed E-state index contributed by atoms with van der Waals surface area (Å²) < 4.78 is 85.3. The van der Waals surface area contributed by atoms with Crippen molar-refractivity contribution in [2.24, 2.45) is 11.8 Å². The predicted molar refractivity (Wildman–Crippen MR) is 222 cm³/mol. The van der Waals surface area contributed by atoms with Crippen molar-refractivity contribution in [3.8, 4) is 5.75 Å². The van der Waals surface area contributed by atoms with Gasteiger partial charge in [0.05, 0.1) is 0 Å². The first kappa shape index (κ1) is 52.5. The Labute approximate surface area is 369 Å². The van der Waals surface area contributed by atoms with Crippen molar-refractivity contribution in [3.05, 3.63) is 45.2 Å². The van der Waals surface area contributed by atoms with Gasteiger partial charge in [0, 0.05) is 37.9 Å². The zero-order valence-electron chi connectivity index (χ0n) is 37.6. The van der Waals surface area contributed by atoms with Gasteiger partial charge >= 0.3 is 18.0 Å². The maximum Gasteiger partial charge on any atom is 0.408 e. The van der Waals surface area contributed by atoms with Gasteiger partial charge in [-0.2, -0.15) is 8.78 Å². The van der Waals surface area contributed by atoms with E-state index in [2.05, 4.69) is 20.4 Å². The van der Waals surface area contributed by atoms with E-state index in [1.807, 2.05) is 34.6 Å². The maximum atomic E-state index is 15.0. The number of amides is 4. The molecule has 20 heteroatoms. The highest BCUT2D eigenvalue weighted by molar-refractivity contribution is 7.09. The molecule has 1 aromatic heterocycles. The smallest absolute Gasteiger partial charge is 0.408 e. The van der Waals surface area contributed by atoms with Gasteiger partial charge in [0.2, 0.25) is 52.6 Å². The number of hydrogen-bond acceptors (Lipinski definition) is 11. The molecule has 0 aliphatic carbocycles. The molecule has 0 bridgehead atoms. The number of carbonyl (C=O) groups excluding carboxylic acids is 6. The molecule has 2 N–H and O–H groups in total. The SMILES string of the molecule is CCCCCCN(C(=O)[C@@H](NC(=O)[C@@]1(C)CCCN1C(=O)CNC(=O)OC(C)(C)C)[C@@H](C)CC)[C@H](C[C@@H](OC(C)=O)c1nc(C(=O)Oc2c(F)c(F)c(F)c(F)c2F)cs1)C(C)C. The highest BCUT2D eigenvalue weighted by Crippen LogP contribution is 2.35. The van der Waals surface area contributed by atoms with Crippen molar-refractivity contribution >= 4 is 47.1 Å². The molecule has 1 aromatic carbocycles. The topological polar surface area (TPSA) is 174 Å². The number of nitrogens with one attached hydrogen (secondary N) is 2. The van der Waals surface area contributed by atoms with Crippen molar-refractivity contribution in [1.82, 2.24) is 25.4 Å². The molecule has 0 radical (unpaired) electrons. The lowest BCUT2D eigenvalue weighted by molar-refractivity contribution is -0.150. The third-order valence-corrected chi connectivity index (χ3v) is 11.8. The monoisotopic (exact) mass is 917 g/mol. The molecule has 3 rings (SSSR count). The summed E-state index contributed by atoms with van der Waals surface area (Å²) in [5, 5.41) is 6.52. The molecule has 0 spiro atoms. The van der Waals surface area contributed by atoms with Crippen LogP contribution >= 0.6 is 11.3 Å². The van der Waals surface area contributed by atoms with E-state index in [9.17, 15) is 50.7 Å². The predicted octanol–water partition coefficient (Wildman–Crippen LogP) is 7.92. The number of rotatable bonds is 20. The second-order valence-electron chi connectivity index (χ2n) is 17.2. The van der Waals surface area contributed by atoms with E-state index >= 15 is 0 Å². The van der Waals surface area contributed by atoms with Gasteiger partial charge in [-0.25, -0.2) is 27.7 Å². The Bertz CT molecular complexity index is 1950. The lowest BCUT2D eigenvalue weighted by Crippen LogP contribution is -2.62. The van der Waals surface area contributed by atoms with Crippen LogP contribution in [0.15, 0.2) is 5.38 Å². The Morgan fingerprint density at radius 1 is 0.952 bits per heavy atom. The average Bonchev–Trinajstić information content (AvgIpc) is 3.88. The summed E-state index contributed by atoms with van der Waals surface area (Å²) in [7, 11) is 0. The summed E-state index contributed by atoms with van der Waals surface area (Å²) in [6.07, 6.45) is 2.34. The van der Waals surface area contributed by atoms with Crippen LogP contribution in [0.3, 0.4) is 0 Å². The highest BCUT2D eigenvalue weighted by Gasteiger charge is 2.48. The molecule has 63 heavy (non-hydrogen) atoms. The van der Waals surface area contributed by atoms with E-state index in [4.69, 9.17) is 9.47 Å². The zero-order valence-corrected chi connectivity index (χ0v) is 38.4.